The van der Waals surface area contributed by atoms with E-state index in [1.165, 1.54) is 4.90 Å². The van der Waals surface area contributed by atoms with Gasteiger partial charge in [0, 0.05) is 17.3 Å². The second-order valence-electron chi connectivity index (χ2n) is 10.4. The monoisotopic (exact) mass is 483 g/mol. The molecular weight excluding hydrogens is 454 g/mol. The average Bonchev–Trinajstić information content (AvgIpc) is 3.41. The Bertz CT molecular complexity index is 1410. The number of aliphatic hydroxyl groups excluding tert-OH is 1. The summed E-state index contributed by atoms with van der Waals surface area (Å²) >= 11 is 0. The van der Waals surface area contributed by atoms with Gasteiger partial charge in [0.05, 0.1) is 11.6 Å². The fourth-order valence-electron chi connectivity index (χ4n) is 4.75. The zero-order valence-electron chi connectivity index (χ0n) is 21.1. The van der Waals surface area contributed by atoms with E-state index < -0.39 is 17.7 Å². The lowest BCUT2D eigenvalue weighted by molar-refractivity contribution is -0.132. The lowest BCUT2D eigenvalue weighted by atomic mass is 9.85. The molecule has 2 heterocycles. The highest BCUT2D eigenvalue weighted by Gasteiger charge is 2.47. The Labute approximate surface area is 210 Å². The van der Waals surface area contributed by atoms with Gasteiger partial charge in [-0.2, -0.15) is 0 Å². The van der Waals surface area contributed by atoms with Crippen molar-refractivity contribution in [3.63, 3.8) is 0 Å². The number of anilines is 1. The number of ketones is 1. The predicted octanol–water partition coefficient (Wildman–Crippen LogP) is 5.96. The molecule has 6 nitrogen and oxygen atoms in total. The van der Waals surface area contributed by atoms with Crippen LogP contribution in [0.3, 0.4) is 0 Å². The summed E-state index contributed by atoms with van der Waals surface area (Å²) in [5.41, 5.74) is 4.65. The van der Waals surface area contributed by atoms with Crippen LogP contribution in [0.2, 0.25) is 0 Å². The Balaban J connectivity index is 1.72. The molecule has 3 aromatic carbocycles. The van der Waals surface area contributed by atoms with Crippen LogP contribution >= 0.6 is 0 Å². The second kappa shape index (κ2) is 8.55. The van der Waals surface area contributed by atoms with Gasteiger partial charge < -0.3 is 14.6 Å². The first-order valence-electron chi connectivity index (χ1n) is 11.9. The summed E-state index contributed by atoms with van der Waals surface area (Å²) in [4.78, 5) is 28.4. The molecule has 6 heteroatoms. The lowest BCUT2D eigenvalue weighted by Crippen LogP contribution is -2.29. The largest absolute Gasteiger partial charge is 0.507 e. The summed E-state index contributed by atoms with van der Waals surface area (Å²) in [6, 6.07) is 17.9. The van der Waals surface area contributed by atoms with Crippen LogP contribution < -0.4 is 14.4 Å². The van der Waals surface area contributed by atoms with E-state index in [4.69, 9.17) is 9.47 Å². The van der Waals surface area contributed by atoms with Crippen molar-refractivity contribution >= 4 is 23.1 Å². The Morgan fingerprint density at radius 1 is 0.917 bits per heavy atom. The molecule has 1 amide bonds. The summed E-state index contributed by atoms with van der Waals surface area (Å²) in [7, 11) is 0. The number of carbonyl (C=O) groups excluding carboxylic acids is 2. The molecule has 36 heavy (non-hydrogen) atoms. The number of hydrogen-bond donors (Lipinski definition) is 1. The maximum absolute atomic E-state index is 13.5. The summed E-state index contributed by atoms with van der Waals surface area (Å²) in [6.45, 7) is 10.3. The van der Waals surface area contributed by atoms with Gasteiger partial charge >= 0.3 is 0 Å². The molecule has 1 atom stereocenters. The molecule has 0 aliphatic carbocycles. The standard InChI is InChI=1S/C30H29NO5/c1-17-6-7-18(2)22(14-17)27(32)25-26(19-8-10-20(11-9-19)30(3,4)5)31(29(34)28(25)33)21-12-13-23-24(15-21)36-16-35-23/h6-15,26,32H,16H2,1-5H3/b27-25+. The number of hydrogen-bond acceptors (Lipinski definition) is 5. The van der Waals surface area contributed by atoms with Crippen molar-refractivity contribution in [3.8, 4) is 11.5 Å². The van der Waals surface area contributed by atoms with Crippen molar-refractivity contribution in [3.05, 3.63) is 94.1 Å². The van der Waals surface area contributed by atoms with Gasteiger partial charge in [0.2, 0.25) is 6.79 Å². The molecule has 3 aromatic rings. The van der Waals surface area contributed by atoms with Gasteiger partial charge in [0.15, 0.2) is 11.5 Å². The van der Waals surface area contributed by atoms with E-state index in [0.717, 1.165) is 22.3 Å². The van der Waals surface area contributed by atoms with Gasteiger partial charge in [-0.3, -0.25) is 14.5 Å². The van der Waals surface area contributed by atoms with Crippen LogP contribution in [0.15, 0.2) is 66.2 Å². The molecule has 5 rings (SSSR count). The number of benzene rings is 3. The molecule has 1 fully saturated rings. The Hall–Kier alpha value is -4.06. The number of fused-ring (bicyclic) bond motifs is 1. The van der Waals surface area contributed by atoms with E-state index in [2.05, 4.69) is 20.8 Å². The first-order valence-corrected chi connectivity index (χ1v) is 11.9. The number of nitrogens with zero attached hydrogens (tertiary/aromatic N) is 1. The van der Waals surface area contributed by atoms with E-state index in [0.29, 0.717) is 22.7 Å². The van der Waals surface area contributed by atoms with Crippen LogP contribution in [0.1, 0.15) is 54.6 Å². The molecule has 2 aliphatic heterocycles. The summed E-state index contributed by atoms with van der Waals surface area (Å²) in [5.74, 6) is -0.521. The first kappa shape index (κ1) is 23.7. The number of aliphatic hydroxyl groups is 1. The highest BCUT2D eigenvalue weighted by Crippen LogP contribution is 2.45. The molecule has 1 unspecified atom stereocenters. The van der Waals surface area contributed by atoms with Crippen molar-refractivity contribution < 1.29 is 24.2 Å². The van der Waals surface area contributed by atoms with Crippen LogP contribution in [0.25, 0.3) is 5.76 Å². The second-order valence-corrected chi connectivity index (χ2v) is 10.4. The van der Waals surface area contributed by atoms with Crippen molar-refractivity contribution in [1.29, 1.82) is 0 Å². The van der Waals surface area contributed by atoms with Crippen LogP contribution in [0.4, 0.5) is 5.69 Å². The van der Waals surface area contributed by atoms with Crippen LogP contribution in [0.5, 0.6) is 11.5 Å². The van der Waals surface area contributed by atoms with Crippen molar-refractivity contribution in [2.24, 2.45) is 0 Å². The molecule has 1 N–H and O–H groups in total. The average molecular weight is 484 g/mol. The zero-order chi connectivity index (χ0) is 25.8. The molecule has 2 aliphatic rings. The smallest absolute Gasteiger partial charge is 0.300 e. The van der Waals surface area contributed by atoms with Gasteiger partial charge in [-0.1, -0.05) is 62.7 Å². The third kappa shape index (κ3) is 3.92. The maximum atomic E-state index is 13.5. The molecule has 0 bridgehead atoms. The highest BCUT2D eigenvalue weighted by molar-refractivity contribution is 6.51. The summed E-state index contributed by atoms with van der Waals surface area (Å²) < 4.78 is 10.9. The van der Waals surface area contributed by atoms with E-state index in [1.807, 2.05) is 56.3 Å². The lowest BCUT2D eigenvalue weighted by Gasteiger charge is -2.27. The van der Waals surface area contributed by atoms with E-state index >= 15 is 0 Å². The Morgan fingerprint density at radius 3 is 2.31 bits per heavy atom. The maximum Gasteiger partial charge on any atom is 0.300 e. The minimum absolute atomic E-state index is 0.0592. The third-order valence-electron chi connectivity index (χ3n) is 6.82. The summed E-state index contributed by atoms with van der Waals surface area (Å²) in [5, 5.41) is 11.5. The predicted molar refractivity (Wildman–Crippen MR) is 138 cm³/mol. The van der Waals surface area contributed by atoms with Gasteiger partial charge in [-0.15, -0.1) is 0 Å². The van der Waals surface area contributed by atoms with Gasteiger partial charge in [-0.05, 0) is 54.2 Å². The normalized spacial score (nSPS) is 18.7. The number of ether oxygens (including phenoxy) is 2. The van der Waals surface area contributed by atoms with Crippen LogP contribution in [-0.2, 0) is 15.0 Å². The number of amides is 1. The number of Topliss-reactive ketones (excluding diaryl/α,β-unsaturated/α-hetero) is 1. The van der Waals surface area contributed by atoms with Gasteiger partial charge in [0.1, 0.15) is 5.76 Å². The molecule has 184 valence electrons. The Kier molecular flexibility index (Phi) is 5.62. The third-order valence-corrected chi connectivity index (χ3v) is 6.82. The quantitative estimate of drug-likeness (QED) is 0.283. The molecular formula is C30H29NO5. The fraction of sp³-hybridized carbons (Fsp3) is 0.267. The van der Waals surface area contributed by atoms with Crippen LogP contribution in [0, 0.1) is 13.8 Å². The molecule has 0 saturated carbocycles. The minimum atomic E-state index is -0.806. The molecule has 0 spiro atoms. The zero-order valence-corrected chi connectivity index (χ0v) is 21.1. The fourth-order valence-corrected chi connectivity index (χ4v) is 4.75. The van der Waals surface area contributed by atoms with Crippen molar-refractivity contribution in [1.82, 2.24) is 0 Å². The number of rotatable bonds is 3. The SMILES string of the molecule is Cc1ccc(C)c(/C(O)=C2\C(=O)C(=O)N(c3ccc4c(c3)OCO4)C2c2ccc(C(C)(C)C)cc2)c1. The van der Waals surface area contributed by atoms with Gasteiger partial charge in [0.25, 0.3) is 11.7 Å². The molecule has 1 saturated heterocycles. The topological polar surface area (TPSA) is 76.1 Å². The Morgan fingerprint density at radius 2 is 1.61 bits per heavy atom. The van der Waals surface area contributed by atoms with E-state index in [-0.39, 0.29) is 23.5 Å². The van der Waals surface area contributed by atoms with E-state index in [1.54, 1.807) is 18.2 Å². The highest BCUT2D eigenvalue weighted by atomic mass is 16.7. The minimum Gasteiger partial charge on any atom is -0.507 e. The summed E-state index contributed by atoms with van der Waals surface area (Å²) in [6.07, 6.45) is 0. The van der Waals surface area contributed by atoms with E-state index in [9.17, 15) is 14.7 Å². The molecule has 0 radical (unpaired) electrons. The first-order chi connectivity index (χ1) is 17.1. The number of aryl methyl sites for hydroxylation is 2. The number of carbonyl (C=O) groups is 2. The van der Waals surface area contributed by atoms with Gasteiger partial charge in [-0.25, -0.2) is 0 Å². The van der Waals surface area contributed by atoms with Crippen LogP contribution in [-0.4, -0.2) is 23.6 Å². The van der Waals surface area contributed by atoms with Crippen molar-refractivity contribution in [2.45, 2.75) is 46.1 Å². The molecule has 0 aromatic heterocycles. The van der Waals surface area contributed by atoms with Crippen molar-refractivity contribution in [2.75, 3.05) is 11.7 Å².